The van der Waals surface area contributed by atoms with E-state index in [2.05, 4.69) is 63.3 Å². The maximum Gasteiger partial charge on any atom is -0.0172 e. The number of unbranched alkanes of at least 4 members (excludes halogenated alkanes) is 3. The molecule has 0 heteroatoms. The topological polar surface area (TPSA) is 0 Å². The molecule has 17 heavy (non-hydrogen) atoms. The summed E-state index contributed by atoms with van der Waals surface area (Å²) in [5.74, 6) is 0. The maximum atomic E-state index is 2.36. The molecule has 0 unspecified atom stereocenters. The Balaban J connectivity index is 2.40. The Hall–Kier alpha value is -1.04. The van der Waals surface area contributed by atoms with Gasteiger partial charge in [0.1, 0.15) is 0 Å². The molecular formula is C17H26. The number of hydrogen-bond acceptors (Lipinski definition) is 0. The Morgan fingerprint density at radius 3 is 2.35 bits per heavy atom. The van der Waals surface area contributed by atoms with E-state index in [1.54, 1.807) is 0 Å². The molecule has 1 rings (SSSR count). The maximum absolute atomic E-state index is 2.36. The fourth-order valence-electron chi connectivity index (χ4n) is 1.98. The summed E-state index contributed by atoms with van der Waals surface area (Å²) in [6, 6.07) is 10.6. The molecule has 0 saturated carbocycles. The standard InChI is InChI=1S/C17H26/c1-4-5-6-10-14-17(2,3)15-13-16-11-8-7-9-12-16/h7-9,11-13,15H,4-6,10,14H2,1-3H3. The van der Waals surface area contributed by atoms with Crippen molar-refractivity contribution in [2.75, 3.05) is 0 Å². The van der Waals surface area contributed by atoms with Crippen LogP contribution in [0.5, 0.6) is 0 Å². The van der Waals surface area contributed by atoms with Crippen LogP contribution in [0.15, 0.2) is 36.4 Å². The molecule has 0 radical (unpaired) electrons. The van der Waals surface area contributed by atoms with E-state index in [0.29, 0.717) is 5.41 Å². The van der Waals surface area contributed by atoms with Crippen LogP contribution >= 0.6 is 0 Å². The average molecular weight is 230 g/mol. The first-order valence-corrected chi connectivity index (χ1v) is 6.88. The van der Waals surface area contributed by atoms with Crippen molar-refractivity contribution < 1.29 is 0 Å². The molecule has 0 heterocycles. The van der Waals surface area contributed by atoms with Crippen LogP contribution in [-0.2, 0) is 0 Å². The van der Waals surface area contributed by atoms with Gasteiger partial charge in [0.2, 0.25) is 0 Å². The average Bonchev–Trinajstić information content (AvgIpc) is 2.34. The minimum absolute atomic E-state index is 0.323. The SMILES string of the molecule is CCCCCCC(C)(C)C=Cc1ccccc1. The second kappa shape index (κ2) is 7.32. The first-order chi connectivity index (χ1) is 8.14. The molecule has 0 aliphatic heterocycles. The highest BCUT2D eigenvalue weighted by atomic mass is 14.2. The summed E-state index contributed by atoms with van der Waals surface area (Å²) in [5.41, 5.74) is 1.62. The van der Waals surface area contributed by atoms with Gasteiger partial charge in [-0.2, -0.15) is 0 Å². The van der Waals surface area contributed by atoms with Crippen molar-refractivity contribution in [3.8, 4) is 0 Å². The Kier molecular flexibility index (Phi) is 6.04. The predicted octanol–water partition coefficient (Wildman–Crippen LogP) is 5.70. The van der Waals surface area contributed by atoms with E-state index in [1.165, 1.54) is 37.7 Å². The monoisotopic (exact) mass is 230 g/mol. The Bertz CT molecular complexity index is 319. The highest BCUT2D eigenvalue weighted by Gasteiger charge is 2.12. The van der Waals surface area contributed by atoms with Crippen molar-refractivity contribution in [3.63, 3.8) is 0 Å². The van der Waals surface area contributed by atoms with Crippen LogP contribution in [0.2, 0.25) is 0 Å². The number of hydrogen-bond donors (Lipinski definition) is 0. The van der Waals surface area contributed by atoms with E-state index in [1.807, 2.05) is 0 Å². The molecule has 0 aromatic heterocycles. The van der Waals surface area contributed by atoms with Crippen LogP contribution in [-0.4, -0.2) is 0 Å². The van der Waals surface area contributed by atoms with Crippen LogP contribution < -0.4 is 0 Å². The second-order valence-corrected chi connectivity index (χ2v) is 5.54. The summed E-state index contributed by atoms with van der Waals surface area (Å²) in [7, 11) is 0. The summed E-state index contributed by atoms with van der Waals surface area (Å²) in [6.45, 7) is 6.93. The van der Waals surface area contributed by atoms with E-state index in [4.69, 9.17) is 0 Å². The Morgan fingerprint density at radius 2 is 1.71 bits per heavy atom. The fourth-order valence-corrected chi connectivity index (χ4v) is 1.98. The Labute approximate surface area is 107 Å². The molecule has 0 aliphatic rings. The number of benzene rings is 1. The molecule has 1 aromatic carbocycles. The van der Waals surface area contributed by atoms with Gasteiger partial charge in [-0.15, -0.1) is 0 Å². The van der Waals surface area contributed by atoms with E-state index in [-0.39, 0.29) is 0 Å². The number of rotatable bonds is 7. The summed E-state index contributed by atoms with van der Waals surface area (Å²) in [6.07, 6.45) is 11.3. The van der Waals surface area contributed by atoms with Gasteiger partial charge in [-0.1, -0.05) is 88.9 Å². The summed E-state index contributed by atoms with van der Waals surface area (Å²) < 4.78 is 0. The first kappa shape index (κ1) is 14.0. The minimum atomic E-state index is 0.323. The molecule has 0 amide bonds. The molecule has 0 bridgehead atoms. The highest BCUT2D eigenvalue weighted by Crippen LogP contribution is 2.26. The molecule has 0 spiro atoms. The van der Waals surface area contributed by atoms with Crippen LogP contribution in [0.4, 0.5) is 0 Å². The molecule has 0 N–H and O–H groups in total. The third-order valence-corrected chi connectivity index (χ3v) is 3.20. The van der Waals surface area contributed by atoms with E-state index in [9.17, 15) is 0 Å². The molecular weight excluding hydrogens is 204 g/mol. The predicted molar refractivity (Wildman–Crippen MR) is 78.0 cm³/mol. The second-order valence-electron chi connectivity index (χ2n) is 5.54. The molecule has 1 aromatic rings. The largest absolute Gasteiger partial charge is 0.0783 e. The quantitative estimate of drug-likeness (QED) is 0.527. The molecule has 0 saturated heterocycles. The van der Waals surface area contributed by atoms with Crippen molar-refractivity contribution in [3.05, 3.63) is 42.0 Å². The van der Waals surface area contributed by atoms with Crippen LogP contribution in [0.3, 0.4) is 0 Å². The van der Waals surface area contributed by atoms with Crippen molar-refractivity contribution in [2.45, 2.75) is 52.9 Å². The summed E-state index contributed by atoms with van der Waals surface area (Å²) in [5, 5.41) is 0. The zero-order chi connectivity index (χ0) is 12.6. The molecule has 94 valence electrons. The van der Waals surface area contributed by atoms with E-state index in [0.717, 1.165) is 0 Å². The lowest BCUT2D eigenvalue weighted by molar-refractivity contribution is 0.411. The van der Waals surface area contributed by atoms with Gasteiger partial charge in [-0.25, -0.2) is 0 Å². The smallest absolute Gasteiger partial charge is 0.0172 e. The zero-order valence-corrected chi connectivity index (χ0v) is 11.6. The van der Waals surface area contributed by atoms with Crippen LogP contribution in [0.1, 0.15) is 58.4 Å². The first-order valence-electron chi connectivity index (χ1n) is 6.88. The van der Waals surface area contributed by atoms with Gasteiger partial charge in [-0.05, 0) is 17.4 Å². The van der Waals surface area contributed by atoms with E-state index >= 15 is 0 Å². The third kappa shape index (κ3) is 6.31. The summed E-state index contributed by atoms with van der Waals surface area (Å²) >= 11 is 0. The number of allylic oxidation sites excluding steroid dienone is 1. The van der Waals surface area contributed by atoms with Gasteiger partial charge >= 0.3 is 0 Å². The van der Waals surface area contributed by atoms with Crippen molar-refractivity contribution in [1.82, 2.24) is 0 Å². The third-order valence-electron chi connectivity index (χ3n) is 3.20. The van der Waals surface area contributed by atoms with Crippen molar-refractivity contribution in [1.29, 1.82) is 0 Å². The molecule has 0 fully saturated rings. The van der Waals surface area contributed by atoms with Gasteiger partial charge in [0.05, 0.1) is 0 Å². The minimum Gasteiger partial charge on any atom is -0.0783 e. The Morgan fingerprint density at radius 1 is 1.00 bits per heavy atom. The van der Waals surface area contributed by atoms with Gasteiger partial charge in [0.25, 0.3) is 0 Å². The van der Waals surface area contributed by atoms with Gasteiger partial charge in [0, 0.05) is 0 Å². The lowest BCUT2D eigenvalue weighted by atomic mass is 9.86. The van der Waals surface area contributed by atoms with E-state index < -0.39 is 0 Å². The zero-order valence-electron chi connectivity index (χ0n) is 11.6. The lowest BCUT2D eigenvalue weighted by Crippen LogP contribution is -2.06. The van der Waals surface area contributed by atoms with Gasteiger partial charge in [-0.3, -0.25) is 0 Å². The van der Waals surface area contributed by atoms with Gasteiger partial charge < -0.3 is 0 Å². The highest BCUT2D eigenvalue weighted by molar-refractivity contribution is 5.49. The fraction of sp³-hybridized carbons (Fsp3) is 0.529. The molecule has 0 atom stereocenters. The summed E-state index contributed by atoms with van der Waals surface area (Å²) in [4.78, 5) is 0. The van der Waals surface area contributed by atoms with Crippen molar-refractivity contribution >= 4 is 6.08 Å². The van der Waals surface area contributed by atoms with Crippen molar-refractivity contribution in [2.24, 2.45) is 5.41 Å². The normalized spacial score (nSPS) is 12.2. The molecule has 0 aliphatic carbocycles. The van der Waals surface area contributed by atoms with Crippen LogP contribution in [0.25, 0.3) is 6.08 Å². The van der Waals surface area contributed by atoms with Crippen LogP contribution in [0, 0.1) is 5.41 Å². The lowest BCUT2D eigenvalue weighted by Gasteiger charge is -2.20. The molecule has 0 nitrogen and oxygen atoms in total. The van der Waals surface area contributed by atoms with Gasteiger partial charge in [0.15, 0.2) is 0 Å².